The molecule has 1 atom stereocenters. The fourth-order valence-corrected chi connectivity index (χ4v) is 3.21. The quantitative estimate of drug-likeness (QED) is 0.726. The van der Waals surface area contributed by atoms with Gasteiger partial charge in [0, 0.05) is 26.0 Å². The first-order chi connectivity index (χ1) is 8.97. The average Bonchev–Trinajstić information content (AvgIpc) is 2.32. The molecule has 2 aromatic carbocycles. The summed E-state index contributed by atoms with van der Waals surface area (Å²) >= 11 is 21.2. The summed E-state index contributed by atoms with van der Waals surface area (Å²) in [4.78, 5) is 0. The van der Waals surface area contributed by atoms with Crippen molar-refractivity contribution in [2.75, 3.05) is 0 Å². The normalized spacial score (nSPS) is 12.5. The van der Waals surface area contributed by atoms with Crippen molar-refractivity contribution in [3.63, 3.8) is 0 Å². The molecule has 1 N–H and O–H groups in total. The molecule has 0 amide bonds. The molecule has 1 nitrogen and oxygen atoms in total. The van der Waals surface area contributed by atoms with Crippen LogP contribution in [-0.2, 0) is 6.42 Å². The van der Waals surface area contributed by atoms with Crippen LogP contribution in [0.2, 0.25) is 15.1 Å². The number of halogens is 4. The molecule has 5 heteroatoms. The minimum Gasteiger partial charge on any atom is -0.388 e. The third-order valence-electron chi connectivity index (χ3n) is 2.75. The molecule has 0 spiro atoms. The zero-order chi connectivity index (χ0) is 14.0. The summed E-state index contributed by atoms with van der Waals surface area (Å²) in [5, 5.41) is 12.0. The van der Waals surface area contributed by atoms with Crippen LogP contribution in [0.25, 0.3) is 0 Å². The largest absolute Gasteiger partial charge is 0.388 e. The minimum atomic E-state index is -0.662. The van der Waals surface area contributed by atoms with E-state index < -0.39 is 6.10 Å². The summed E-state index contributed by atoms with van der Waals surface area (Å²) in [6.07, 6.45) is -0.249. The maximum atomic E-state index is 10.3. The van der Waals surface area contributed by atoms with Crippen LogP contribution in [0.15, 0.2) is 40.9 Å². The smallest absolute Gasteiger partial charge is 0.0841 e. The van der Waals surface area contributed by atoms with E-state index >= 15 is 0 Å². The Morgan fingerprint density at radius 3 is 2.26 bits per heavy atom. The Kier molecular flexibility index (Phi) is 5.15. The van der Waals surface area contributed by atoms with Gasteiger partial charge in [-0.15, -0.1) is 0 Å². The van der Waals surface area contributed by atoms with Gasteiger partial charge in [0.1, 0.15) is 0 Å². The van der Waals surface area contributed by atoms with Crippen LogP contribution in [0.1, 0.15) is 17.2 Å². The Labute approximate surface area is 135 Å². The first-order valence-corrected chi connectivity index (χ1v) is 7.47. The van der Waals surface area contributed by atoms with Gasteiger partial charge in [0.15, 0.2) is 0 Å². The van der Waals surface area contributed by atoms with E-state index in [-0.39, 0.29) is 0 Å². The van der Waals surface area contributed by atoms with Crippen LogP contribution < -0.4 is 0 Å². The SMILES string of the molecule is OC(Cc1ccc(Cl)cc1Cl)c1ccc(Cl)cc1Br. The lowest BCUT2D eigenvalue weighted by Crippen LogP contribution is -2.03. The number of hydrogen-bond acceptors (Lipinski definition) is 1. The van der Waals surface area contributed by atoms with Gasteiger partial charge in [-0.05, 0) is 35.4 Å². The van der Waals surface area contributed by atoms with Crippen LogP contribution in [0.5, 0.6) is 0 Å². The number of hydrogen-bond donors (Lipinski definition) is 1. The van der Waals surface area contributed by atoms with E-state index in [4.69, 9.17) is 34.8 Å². The molecule has 1 unspecified atom stereocenters. The number of benzene rings is 2. The molecule has 0 fully saturated rings. The Morgan fingerprint density at radius 2 is 1.63 bits per heavy atom. The van der Waals surface area contributed by atoms with Gasteiger partial charge in [0.25, 0.3) is 0 Å². The highest BCUT2D eigenvalue weighted by Crippen LogP contribution is 2.31. The second-order valence-corrected chi connectivity index (χ2v) is 6.26. The van der Waals surface area contributed by atoms with Crippen molar-refractivity contribution in [3.8, 4) is 0 Å². The average molecular weight is 380 g/mol. The molecule has 0 aliphatic heterocycles. The van der Waals surface area contributed by atoms with Gasteiger partial charge >= 0.3 is 0 Å². The van der Waals surface area contributed by atoms with Crippen molar-refractivity contribution in [3.05, 3.63) is 67.1 Å². The second-order valence-electron chi connectivity index (χ2n) is 4.12. The maximum Gasteiger partial charge on any atom is 0.0841 e. The Balaban J connectivity index is 2.23. The summed E-state index contributed by atoms with van der Waals surface area (Å²) in [5.74, 6) is 0. The summed E-state index contributed by atoms with van der Waals surface area (Å²) in [6, 6.07) is 10.5. The molecular formula is C14H10BrCl3O. The highest BCUT2D eigenvalue weighted by Gasteiger charge is 2.14. The Hall–Kier alpha value is -0.250. The lowest BCUT2D eigenvalue weighted by molar-refractivity contribution is 0.177. The van der Waals surface area contributed by atoms with Crippen LogP contribution in [0.4, 0.5) is 0 Å². The van der Waals surface area contributed by atoms with Gasteiger partial charge in [0.2, 0.25) is 0 Å². The number of rotatable bonds is 3. The van der Waals surface area contributed by atoms with Gasteiger partial charge in [-0.1, -0.05) is 62.9 Å². The van der Waals surface area contributed by atoms with E-state index in [1.54, 1.807) is 30.3 Å². The minimum absolute atomic E-state index is 0.413. The molecule has 0 aromatic heterocycles. The van der Waals surface area contributed by atoms with Crippen molar-refractivity contribution in [2.45, 2.75) is 12.5 Å². The highest BCUT2D eigenvalue weighted by atomic mass is 79.9. The zero-order valence-corrected chi connectivity index (χ0v) is 13.6. The first kappa shape index (κ1) is 15.1. The van der Waals surface area contributed by atoms with Crippen LogP contribution >= 0.6 is 50.7 Å². The van der Waals surface area contributed by atoms with Crippen molar-refractivity contribution < 1.29 is 5.11 Å². The van der Waals surface area contributed by atoms with Crippen molar-refractivity contribution in [1.82, 2.24) is 0 Å². The van der Waals surface area contributed by atoms with Crippen LogP contribution in [0, 0.1) is 0 Å². The molecule has 0 bridgehead atoms. The standard InChI is InChI=1S/C14H10BrCl3O/c15-12-6-9(16)3-4-11(12)14(19)5-8-1-2-10(17)7-13(8)18/h1-4,6-7,14,19H,5H2. The van der Waals surface area contributed by atoms with Gasteiger partial charge in [0.05, 0.1) is 6.10 Å². The Bertz CT molecular complexity index is 601. The van der Waals surface area contributed by atoms with E-state index in [2.05, 4.69) is 15.9 Å². The summed E-state index contributed by atoms with van der Waals surface area (Å²) in [6.45, 7) is 0. The monoisotopic (exact) mass is 378 g/mol. The summed E-state index contributed by atoms with van der Waals surface area (Å²) < 4.78 is 0.776. The van der Waals surface area contributed by atoms with Gasteiger partial charge in [-0.2, -0.15) is 0 Å². The Morgan fingerprint density at radius 1 is 1.00 bits per heavy atom. The third-order valence-corrected chi connectivity index (χ3v) is 4.26. The zero-order valence-electron chi connectivity index (χ0n) is 9.71. The molecule has 0 radical (unpaired) electrons. The molecule has 0 heterocycles. The number of aliphatic hydroxyl groups is 1. The first-order valence-electron chi connectivity index (χ1n) is 5.54. The van der Waals surface area contributed by atoms with E-state index in [0.29, 0.717) is 21.5 Å². The van der Waals surface area contributed by atoms with Gasteiger partial charge in [-0.25, -0.2) is 0 Å². The molecule has 0 saturated heterocycles. The third kappa shape index (κ3) is 3.87. The molecule has 0 aliphatic rings. The number of aliphatic hydroxyl groups excluding tert-OH is 1. The van der Waals surface area contributed by atoms with Crippen molar-refractivity contribution in [1.29, 1.82) is 0 Å². The second kappa shape index (κ2) is 6.47. The fraction of sp³-hybridized carbons (Fsp3) is 0.143. The van der Waals surface area contributed by atoms with Gasteiger partial charge in [-0.3, -0.25) is 0 Å². The molecule has 0 aliphatic carbocycles. The molecule has 19 heavy (non-hydrogen) atoms. The van der Waals surface area contributed by atoms with E-state index in [0.717, 1.165) is 15.6 Å². The van der Waals surface area contributed by atoms with E-state index in [9.17, 15) is 5.11 Å². The maximum absolute atomic E-state index is 10.3. The molecule has 2 aromatic rings. The van der Waals surface area contributed by atoms with Crippen LogP contribution in [-0.4, -0.2) is 5.11 Å². The van der Waals surface area contributed by atoms with E-state index in [1.807, 2.05) is 6.07 Å². The van der Waals surface area contributed by atoms with Crippen LogP contribution in [0.3, 0.4) is 0 Å². The predicted molar refractivity (Wildman–Crippen MR) is 84.3 cm³/mol. The molecular weight excluding hydrogens is 370 g/mol. The highest BCUT2D eigenvalue weighted by molar-refractivity contribution is 9.10. The molecule has 0 saturated carbocycles. The predicted octanol–water partition coefficient (Wildman–Crippen LogP) is 5.69. The van der Waals surface area contributed by atoms with E-state index in [1.165, 1.54) is 0 Å². The fourth-order valence-electron chi connectivity index (χ4n) is 1.78. The molecule has 2 rings (SSSR count). The van der Waals surface area contributed by atoms with Crippen molar-refractivity contribution >= 4 is 50.7 Å². The molecule has 100 valence electrons. The lowest BCUT2D eigenvalue weighted by Gasteiger charge is -2.14. The summed E-state index contributed by atoms with van der Waals surface area (Å²) in [5.41, 5.74) is 1.62. The topological polar surface area (TPSA) is 20.2 Å². The summed E-state index contributed by atoms with van der Waals surface area (Å²) in [7, 11) is 0. The lowest BCUT2D eigenvalue weighted by atomic mass is 10.0. The van der Waals surface area contributed by atoms with Gasteiger partial charge < -0.3 is 5.11 Å². The van der Waals surface area contributed by atoms with Crippen molar-refractivity contribution in [2.24, 2.45) is 0 Å².